The van der Waals surface area contributed by atoms with Crippen LogP contribution in [0.2, 0.25) is 0 Å². The number of carbonyl (C=O) groups excluding carboxylic acids is 1. The van der Waals surface area contributed by atoms with E-state index in [9.17, 15) is 13.2 Å². The summed E-state index contributed by atoms with van der Waals surface area (Å²) in [6, 6.07) is 18.2. The van der Waals surface area contributed by atoms with E-state index in [1.807, 2.05) is 41.8 Å². The van der Waals surface area contributed by atoms with Crippen molar-refractivity contribution in [1.29, 1.82) is 0 Å². The molecule has 0 atom stereocenters. The summed E-state index contributed by atoms with van der Waals surface area (Å²) in [5, 5.41) is 8.16. The van der Waals surface area contributed by atoms with E-state index in [0.29, 0.717) is 25.2 Å². The Labute approximate surface area is 187 Å². The Morgan fingerprint density at radius 3 is 2.71 bits per heavy atom. The summed E-state index contributed by atoms with van der Waals surface area (Å²) in [5.41, 5.74) is 2.46. The lowest BCUT2D eigenvalue weighted by atomic mass is 10.1. The van der Waals surface area contributed by atoms with Gasteiger partial charge in [-0.1, -0.05) is 24.3 Å². The molecule has 1 aliphatic heterocycles. The van der Waals surface area contributed by atoms with Crippen molar-refractivity contribution in [3.63, 3.8) is 0 Å². The Kier molecular flexibility index (Phi) is 6.70. The SMILES string of the molecule is O=C(NCCCNc1ccccc1)c1cccc(S(=O)(=O)N2CCc3sccc3C2)c1. The van der Waals surface area contributed by atoms with Crippen molar-refractivity contribution in [2.24, 2.45) is 0 Å². The zero-order valence-corrected chi connectivity index (χ0v) is 18.7. The molecule has 6 nitrogen and oxygen atoms in total. The smallest absolute Gasteiger partial charge is 0.251 e. The van der Waals surface area contributed by atoms with E-state index in [0.717, 1.165) is 30.6 Å². The van der Waals surface area contributed by atoms with Crippen molar-refractivity contribution in [2.45, 2.75) is 24.3 Å². The highest BCUT2D eigenvalue weighted by molar-refractivity contribution is 7.89. The fraction of sp³-hybridized carbons (Fsp3) is 0.261. The predicted octanol–water partition coefficient (Wildman–Crippen LogP) is 3.73. The number of nitrogens with zero attached hydrogens (tertiary/aromatic N) is 1. The fourth-order valence-electron chi connectivity index (χ4n) is 3.56. The lowest BCUT2D eigenvalue weighted by Gasteiger charge is -2.26. The number of nitrogens with one attached hydrogen (secondary N) is 2. The molecule has 1 aliphatic rings. The van der Waals surface area contributed by atoms with Crippen LogP contribution in [0.25, 0.3) is 0 Å². The Morgan fingerprint density at radius 2 is 1.87 bits per heavy atom. The maximum atomic E-state index is 13.1. The largest absolute Gasteiger partial charge is 0.385 e. The molecule has 0 saturated carbocycles. The van der Waals surface area contributed by atoms with Gasteiger partial charge in [-0.05, 0) is 60.2 Å². The quantitative estimate of drug-likeness (QED) is 0.508. The molecule has 162 valence electrons. The summed E-state index contributed by atoms with van der Waals surface area (Å²) in [7, 11) is -3.65. The van der Waals surface area contributed by atoms with E-state index in [1.165, 1.54) is 15.2 Å². The van der Waals surface area contributed by atoms with Crippen molar-refractivity contribution in [3.05, 3.63) is 82.0 Å². The van der Waals surface area contributed by atoms with Crippen LogP contribution in [0.1, 0.15) is 27.2 Å². The summed E-state index contributed by atoms with van der Waals surface area (Å²) in [4.78, 5) is 13.9. The normalized spacial score (nSPS) is 14.1. The average Bonchev–Trinajstić information content (AvgIpc) is 3.27. The first-order valence-electron chi connectivity index (χ1n) is 10.3. The number of rotatable bonds is 8. The Balaban J connectivity index is 1.33. The zero-order valence-electron chi connectivity index (χ0n) is 17.1. The van der Waals surface area contributed by atoms with Crippen molar-refractivity contribution < 1.29 is 13.2 Å². The molecule has 0 bridgehead atoms. The summed E-state index contributed by atoms with van der Waals surface area (Å²) >= 11 is 1.67. The third-order valence-electron chi connectivity index (χ3n) is 5.25. The van der Waals surface area contributed by atoms with Crippen molar-refractivity contribution in [1.82, 2.24) is 9.62 Å². The zero-order chi connectivity index (χ0) is 21.7. The van der Waals surface area contributed by atoms with E-state index in [4.69, 9.17) is 0 Å². The molecule has 0 fully saturated rings. The number of fused-ring (bicyclic) bond motifs is 1. The van der Waals surface area contributed by atoms with E-state index >= 15 is 0 Å². The van der Waals surface area contributed by atoms with Crippen molar-refractivity contribution >= 4 is 33.0 Å². The van der Waals surface area contributed by atoms with Gasteiger partial charge < -0.3 is 10.6 Å². The Bertz CT molecular complexity index is 1140. The van der Waals surface area contributed by atoms with Crippen LogP contribution < -0.4 is 10.6 Å². The minimum absolute atomic E-state index is 0.157. The van der Waals surface area contributed by atoms with Gasteiger partial charge in [0.15, 0.2) is 0 Å². The van der Waals surface area contributed by atoms with Gasteiger partial charge in [0.2, 0.25) is 10.0 Å². The van der Waals surface area contributed by atoms with Crippen LogP contribution in [0, 0.1) is 0 Å². The number of thiophene rings is 1. The molecule has 2 aromatic carbocycles. The van der Waals surface area contributed by atoms with Crippen LogP contribution >= 0.6 is 11.3 Å². The van der Waals surface area contributed by atoms with E-state index < -0.39 is 10.0 Å². The van der Waals surface area contributed by atoms with Gasteiger partial charge in [0.05, 0.1) is 4.90 Å². The molecule has 4 rings (SSSR count). The molecule has 0 radical (unpaired) electrons. The van der Waals surface area contributed by atoms with E-state index in [2.05, 4.69) is 10.6 Å². The Morgan fingerprint density at radius 1 is 1.03 bits per heavy atom. The van der Waals surface area contributed by atoms with Crippen LogP contribution in [-0.2, 0) is 23.0 Å². The van der Waals surface area contributed by atoms with Crippen LogP contribution in [-0.4, -0.2) is 38.3 Å². The van der Waals surface area contributed by atoms with Gasteiger partial charge in [-0.25, -0.2) is 8.42 Å². The highest BCUT2D eigenvalue weighted by Crippen LogP contribution is 2.28. The molecular formula is C23H25N3O3S2. The van der Waals surface area contributed by atoms with Crippen molar-refractivity contribution in [3.8, 4) is 0 Å². The summed E-state index contributed by atoms with van der Waals surface area (Å²) in [6.45, 7) is 2.08. The molecule has 8 heteroatoms. The first-order chi connectivity index (χ1) is 15.0. The lowest BCUT2D eigenvalue weighted by Crippen LogP contribution is -2.35. The van der Waals surface area contributed by atoms with Gasteiger partial charge in [-0.3, -0.25) is 4.79 Å². The number of anilines is 1. The Hall–Kier alpha value is -2.68. The molecule has 3 aromatic rings. The maximum Gasteiger partial charge on any atom is 0.251 e. The summed E-state index contributed by atoms with van der Waals surface area (Å²) < 4.78 is 27.7. The standard InChI is InChI=1S/C23H25N3O3S2/c27-23(25-13-5-12-24-20-7-2-1-3-8-20)18-6-4-9-21(16-18)31(28,29)26-14-10-22-19(17-26)11-15-30-22/h1-4,6-9,11,15-16,24H,5,10,12-14,17H2,(H,25,27). The molecule has 1 aromatic heterocycles. The molecule has 0 aliphatic carbocycles. The highest BCUT2D eigenvalue weighted by Gasteiger charge is 2.29. The third kappa shape index (κ3) is 5.15. The molecule has 31 heavy (non-hydrogen) atoms. The summed E-state index contributed by atoms with van der Waals surface area (Å²) in [5.74, 6) is -0.268. The van der Waals surface area contributed by atoms with Gasteiger partial charge >= 0.3 is 0 Å². The van der Waals surface area contributed by atoms with Gasteiger partial charge in [-0.2, -0.15) is 4.31 Å². The van der Waals surface area contributed by atoms with Crippen LogP contribution in [0.4, 0.5) is 5.69 Å². The minimum atomic E-state index is -3.65. The molecule has 0 spiro atoms. The summed E-state index contributed by atoms with van der Waals surface area (Å²) in [6.07, 6.45) is 1.48. The van der Waals surface area contributed by atoms with Gasteiger partial charge in [0, 0.05) is 42.3 Å². The van der Waals surface area contributed by atoms with Gasteiger partial charge in [0.25, 0.3) is 5.91 Å². The molecule has 2 heterocycles. The monoisotopic (exact) mass is 455 g/mol. The number of amides is 1. The van der Waals surface area contributed by atoms with Crippen LogP contribution in [0.5, 0.6) is 0 Å². The number of benzene rings is 2. The highest BCUT2D eigenvalue weighted by atomic mass is 32.2. The number of carbonyl (C=O) groups is 1. The van der Waals surface area contributed by atoms with E-state index in [1.54, 1.807) is 29.5 Å². The molecule has 0 saturated heterocycles. The van der Waals surface area contributed by atoms with Crippen LogP contribution in [0.15, 0.2) is 70.9 Å². The molecule has 1 amide bonds. The first kappa shape index (κ1) is 21.5. The lowest BCUT2D eigenvalue weighted by molar-refractivity contribution is 0.0953. The number of sulfonamides is 1. The second-order valence-electron chi connectivity index (χ2n) is 7.39. The molecular weight excluding hydrogens is 430 g/mol. The number of hydrogen-bond acceptors (Lipinski definition) is 5. The first-order valence-corrected chi connectivity index (χ1v) is 12.6. The van der Waals surface area contributed by atoms with Gasteiger partial charge in [0.1, 0.15) is 0 Å². The van der Waals surface area contributed by atoms with Crippen molar-refractivity contribution in [2.75, 3.05) is 25.0 Å². The molecule has 2 N–H and O–H groups in total. The number of para-hydroxylation sites is 1. The van der Waals surface area contributed by atoms with E-state index in [-0.39, 0.29) is 10.8 Å². The average molecular weight is 456 g/mol. The second kappa shape index (κ2) is 9.64. The van der Waals surface area contributed by atoms with Crippen LogP contribution in [0.3, 0.4) is 0 Å². The fourth-order valence-corrected chi connectivity index (χ4v) is 5.91. The second-order valence-corrected chi connectivity index (χ2v) is 10.3. The predicted molar refractivity (Wildman–Crippen MR) is 124 cm³/mol. The number of hydrogen-bond donors (Lipinski definition) is 2. The maximum absolute atomic E-state index is 13.1. The minimum Gasteiger partial charge on any atom is -0.385 e. The topological polar surface area (TPSA) is 78.5 Å². The third-order valence-corrected chi connectivity index (χ3v) is 8.11. The van der Waals surface area contributed by atoms with Gasteiger partial charge in [-0.15, -0.1) is 11.3 Å². The molecule has 0 unspecified atom stereocenters.